The second kappa shape index (κ2) is 5.32. The Bertz CT molecular complexity index is 748. The minimum atomic E-state index is -0.102. The van der Waals surface area contributed by atoms with Crippen molar-refractivity contribution in [2.45, 2.75) is 49.3 Å². The molecule has 1 heterocycles. The van der Waals surface area contributed by atoms with E-state index in [9.17, 15) is 9.59 Å². The predicted octanol–water partition coefficient (Wildman–Crippen LogP) is 4.10. The molecule has 2 unspecified atom stereocenters. The third-order valence-electron chi connectivity index (χ3n) is 6.71. The number of hydrogen-bond acceptors (Lipinski definition) is 2. The fourth-order valence-electron chi connectivity index (χ4n) is 6.41. The molecule has 132 valence electrons. The van der Waals surface area contributed by atoms with Crippen LogP contribution in [0.1, 0.15) is 44.9 Å². The first-order chi connectivity index (χ1) is 11.9. The van der Waals surface area contributed by atoms with E-state index in [2.05, 4.69) is 21.2 Å². The minimum Gasteiger partial charge on any atom is -0.323 e. The number of hydrogen-bond donors (Lipinski definition) is 1. The van der Waals surface area contributed by atoms with Crippen LogP contribution in [-0.4, -0.2) is 22.7 Å². The van der Waals surface area contributed by atoms with Gasteiger partial charge < -0.3 is 10.2 Å². The van der Waals surface area contributed by atoms with Gasteiger partial charge in [0.1, 0.15) is 6.54 Å². The first kappa shape index (κ1) is 15.9. The molecule has 0 spiro atoms. The number of carbonyl (C=O) groups excluding carboxylic acids is 2. The molecule has 5 aliphatic rings. The van der Waals surface area contributed by atoms with E-state index in [4.69, 9.17) is 0 Å². The van der Waals surface area contributed by atoms with E-state index in [-0.39, 0.29) is 28.1 Å². The summed E-state index contributed by atoms with van der Waals surface area (Å²) in [6.07, 6.45) is 7.95. The summed E-state index contributed by atoms with van der Waals surface area (Å²) in [7, 11) is 0. The molecule has 4 nitrogen and oxygen atoms in total. The summed E-state index contributed by atoms with van der Waals surface area (Å²) in [5, 5.41) is 2.87. The third-order valence-corrected chi connectivity index (χ3v) is 7.64. The van der Waals surface area contributed by atoms with Crippen LogP contribution in [0.2, 0.25) is 0 Å². The van der Waals surface area contributed by atoms with E-state index in [1.54, 1.807) is 4.90 Å². The highest BCUT2D eigenvalue weighted by molar-refractivity contribution is 9.10. The molecule has 6 rings (SSSR count). The Hall–Kier alpha value is -1.36. The highest BCUT2D eigenvalue weighted by Gasteiger charge is 2.57. The van der Waals surface area contributed by atoms with Gasteiger partial charge in [0.15, 0.2) is 0 Å². The molecule has 0 saturated heterocycles. The van der Waals surface area contributed by atoms with Gasteiger partial charge in [-0.15, -0.1) is 0 Å². The molecule has 4 bridgehead atoms. The number of carbonyl (C=O) groups is 2. The van der Waals surface area contributed by atoms with E-state index in [0.717, 1.165) is 29.6 Å². The second-order valence-corrected chi connectivity index (χ2v) is 10.5. The van der Waals surface area contributed by atoms with Crippen LogP contribution in [0.4, 0.5) is 11.4 Å². The maximum absolute atomic E-state index is 13.2. The van der Waals surface area contributed by atoms with Crippen molar-refractivity contribution in [3.63, 3.8) is 0 Å². The van der Waals surface area contributed by atoms with Crippen molar-refractivity contribution in [2.75, 3.05) is 16.8 Å². The van der Waals surface area contributed by atoms with Gasteiger partial charge in [0.2, 0.25) is 11.8 Å². The number of nitrogens with one attached hydrogen (secondary N) is 1. The van der Waals surface area contributed by atoms with Crippen LogP contribution >= 0.6 is 15.9 Å². The summed E-state index contributed by atoms with van der Waals surface area (Å²) in [5.41, 5.74) is 1.72. The van der Waals surface area contributed by atoms with E-state index >= 15 is 0 Å². The summed E-state index contributed by atoms with van der Waals surface area (Å²) in [5.74, 6) is 1.55. The van der Waals surface area contributed by atoms with Gasteiger partial charge in [-0.3, -0.25) is 9.59 Å². The number of para-hydroxylation sites is 2. The quantitative estimate of drug-likeness (QED) is 0.757. The molecule has 2 atom stereocenters. The lowest BCUT2D eigenvalue weighted by Gasteiger charge is -2.60. The molecular weight excluding hydrogens is 380 g/mol. The molecule has 1 aromatic rings. The lowest BCUT2D eigenvalue weighted by Crippen LogP contribution is -2.54. The van der Waals surface area contributed by atoms with Crippen molar-refractivity contribution < 1.29 is 9.59 Å². The minimum absolute atomic E-state index is 0.102. The Kier molecular flexibility index (Phi) is 3.38. The van der Waals surface area contributed by atoms with Crippen LogP contribution in [0, 0.1) is 17.3 Å². The Labute approximate surface area is 156 Å². The van der Waals surface area contributed by atoms with Gasteiger partial charge in [-0.2, -0.15) is 0 Å². The summed E-state index contributed by atoms with van der Waals surface area (Å²) < 4.78 is 0.258. The van der Waals surface area contributed by atoms with Gasteiger partial charge in [-0.25, -0.2) is 0 Å². The molecule has 0 radical (unpaired) electrons. The van der Waals surface area contributed by atoms with Gasteiger partial charge >= 0.3 is 0 Å². The summed E-state index contributed by atoms with van der Waals surface area (Å²) in [6.45, 7) is 0.137. The molecule has 1 aliphatic heterocycles. The molecule has 1 N–H and O–H groups in total. The molecule has 4 aliphatic carbocycles. The van der Waals surface area contributed by atoms with Crippen molar-refractivity contribution in [3.8, 4) is 0 Å². The molecule has 25 heavy (non-hydrogen) atoms. The average Bonchev–Trinajstić information content (AvgIpc) is 2.51. The van der Waals surface area contributed by atoms with Crippen LogP contribution in [0.25, 0.3) is 0 Å². The number of fused-ring (bicyclic) bond motifs is 1. The molecule has 0 aromatic heterocycles. The summed E-state index contributed by atoms with van der Waals surface area (Å²) >= 11 is 4.02. The van der Waals surface area contributed by atoms with Crippen LogP contribution in [-0.2, 0) is 9.59 Å². The molecule has 4 fully saturated rings. The SMILES string of the molecule is O=C1CN(C(=O)CC23CC4CC(CC(Br)(C4)C2)C3)c2ccccc2N1. The van der Waals surface area contributed by atoms with E-state index in [1.807, 2.05) is 24.3 Å². The van der Waals surface area contributed by atoms with Crippen LogP contribution in [0.5, 0.6) is 0 Å². The largest absolute Gasteiger partial charge is 0.323 e. The highest BCUT2D eigenvalue weighted by Crippen LogP contribution is 2.65. The fourth-order valence-corrected chi connectivity index (χ4v) is 7.93. The fraction of sp³-hybridized carbons (Fsp3) is 0.600. The summed E-state index contributed by atoms with van der Waals surface area (Å²) in [6, 6.07) is 7.61. The number of halogens is 1. The van der Waals surface area contributed by atoms with E-state index < -0.39 is 0 Å². The maximum Gasteiger partial charge on any atom is 0.244 e. The molecule has 2 amide bonds. The lowest BCUT2D eigenvalue weighted by atomic mass is 9.48. The number of nitrogens with zero attached hydrogens (tertiary/aromatic N) is 1. The number of rotatable bonds is 2. The molecular formula is C20H23BrN2O2. The highest BCUT2D eigenvalue weighted by atomic mass is 79.9. The number of anilines is 2. The zero-order valence-electron chi connectivity index (χ0n) is 14.3. The summed E-state index contributed by atoms with van der Waals surface area (Å²) in [4.78, 5) is 27.0. The Morgan fingerprint density at radius 1 is 1.20 bits per heavy atom. The number of benzene rings is 1. The number of alkyl halides is 1. The normalized spacial score (nSPS) is 38.4. The van der Waals surface area contributed by atoms with Crippen molar-refractivity contribution >= 4 is 39.1 Å². The topological polar surface area (TPSA) is 49.4 Å². The predicted molar refractivity (Wildman–Crippen MR) is 101 cm³/mol. The Morgan fingerprint density at radius 3 is 2.64 bits per heavy atom. The van der Waals surface area contributed by atoms with Crippen molar-refractivity contribution in [1.29, 1.82) is 0 Å². The van der Waals surface area contributed by atoms with Gasteiger partial charge in [0, 0.05) is 10.7 Å². The van der Waals surface area contributed by atoms with Crippen molar-refractivity contribution in [1.82, 2.24) is 0 Å². The molecule has 5 heteroatoms. The Balaban J connectivity index is 1.42. The van der Waals surface area contributed by atoms with Crippen LogP contribution in [0.15, 0.2) is 24.3 Å². The van der Waals surface area contributed by atoms with E-state index in [1.165, 1.54) is 32.1 Å². The smallest absolute Gasteiger partial charge is 0.244 e. The molecule has 4 saturated carbocycles. The van der Waals surface area contributed by atoms with E-state index in [0.29, 0.717) is 6.42 Å². The van der Waals surface area contributed by atoms with Crippen LogP contribution < -0.4 is 10.2 Å². The van der Waals surface area contributed by atoms with Crippen molar-refractivity contribution in [2.24, 2.45) is 17.3 Å². The maximum atomic E-state index is 13.2. The first-order valence-electron chi connectivity index (χ1n) is 9.32. The van der Waals surface area contributed by atoms with Crippen molar-refractivity contribution in [3.05, 3.63) is 24.3 Å². The molecule has 1 aromatic carbocycles. The first-order valence-corrected chi connectivity index (χ1v) is 10.1. The van der Waals surface area contributed by atoms with Gasteiger partial charge in [0.25, 0.3) is 0 Å². The Morgan fingerprint density at radius 2 is 1.92 bits per heavy atom. The second-order valence-electron chi connectivity index (χ2n) is 8.83. The number of amides is 2. The van der Waals surface area contributed by atoms with Gasteiger partial charge in [0.05, 0.1) is 11.4 Å². The zero-order valence-corrected chi connectivity index (χ0v) is 15.8. The standard InChI is InChI=1S/C20H23BrN2O2/c21-20-8-13-5-14(9-20)7-19(6-13,12-20)10-18(25)23-11-17(24)22-15-3-1-2-4-16(15)23/h1-4,13-14H,5-12H2,(H,22,24). The van der Waals surface area contributed by atoms with Gasteiger partial charge in [-0.05, 0) is 67.9 Å². The van der Waals surface area contributed by atoms with Crippen LogP contribution in [0.3, 0.4) is 0 Å². The van der Waals surface area contributed by atoms with Gasteiger partial charge in [-0.1, -0.05) is 28.1 Å². The average molecular weight is 403 g/mol. The zero-order chi connectivity index (χ0) is 17.2. The third kappa shape index (κ3) is 2.62. The lowest BCUT2D eigenvalue weighted by molar-refractivity contribution is -0.127. The monoisotopic (exact) mass is 402 g/mol.